The summed E-state index contributed by atoms with van der Waals surface area (Å²) < 4.78 is 13.3. The van der Waals surface area contributed by atoms with Gasteiger partial charge in [0, 0.05) is 16.3 Å². The highest BCUT2D eigenvalue weighted by molar-refractivity contribution is 6.31. The van der Waals surface area contributed by atoms with Crippen molar-refractivity contribution in [3.63, 3.8) is 0 Å². The van der Waals surface area contributed by atoms with Crippen molar-refractivity contribution >= 4 is 46.4 Å². The SMILES string of the molecule is O=C(C[C@H]1C(=O)Nc2ccccc2N1C(=O)c1ccc(F)cc1)Nc1cccc(Cl)c1. The Kier molecular flexibility index (Phi) is 5.68. The molecule has 3 amide bonds. The summed E-state index contributed by atoms with van der Waals surface area (Å²) in [5.74, 6) is -1.94. The van der Waals surface area contributed by atoms with Crippen molar-refractivity contribution in [3.8, 4) is 0 Å². The number of para-hydroxylation sites is 2. The molecule has 1 aliphatic heterocycles. The van der Waals surface area contributed by atoms with Crippen LogP contribution in [0, 0.1) is 5.82 Å². The zero-order chi connectivity index (χ0) is 22.0. The zero-order valence-corrected chi connectivity index (χ0v) is 16.9. The van der Waals surface area contributed by atoms with Gasteiger partial charge in [-0.25, -0.2) is 4.39 Å². The van der Waals surface area contributed by atoms with Gasteiger partial charge in [0.15, 0.2) is 0 Å². The zero-order valence-electron chi connectivity index (χ0n) is 16.1. The maximum absolute atomic E-state index is 13.3. The Balaban J connectivity index is 1.65. The van der Waals surface area contributed by atoms with E-state index in [9.17, 15) is 18.8 Å². The number of hydrogen-bond acceptors (Lipinski definition) is 3. The third kappa shape index (κ3) is 4.41. The maximum Gasteiger partial charge on any atom is 0.259 e. The van der Waals surface area contributed by atoms with E-state index in [-0.39, 0.29) is 12.0 Å². The van der Waals surface area contributed by atoms with Gasteiger partial charge in [0.2, 0.25) is 11.8 Å². The van der Waals surface area contributed by atoms with Crippen LogP contribution < -0.4 is 15.5 Å². The first-order chi connectivity index (χ1) is 14.9. The molecular formula is C23H17ClFN3O3. The van der Waals surface area contributed by atoms with E-state index in [2.05, 4.69) is 10.6 Å². The molecule has 3 aromatic rings. The van der Waals surface area contributed by atoms with Crippen LogP contribution in [0.2, 0.25) is 5.02 Å². The molecule has 1 heterocycles. The Morgan fingerprint density at radius 2 is 1.77 bits per heavy atom. The average Bonchev–Trinajstić information content (AvgIpc) is 2.74. The Morgan fingerprint density at radius 1 is 1.03 bits per heavy atom. The molecule has 0 saturated carbocycles. The average molecular weight is 438 g/mol. The number of rotatable bonds is 4. The van der Waals surface area contributed by atoms with E-state index < -0.39 is 29.6 Å². The molecule has 2 N–H and O–H groups in total. The Bertz CT molecular complexity index is 1170. The number of fused-ring (bicyclic) bond motifs is 1. The van der Waals surface area contributed by atoms with Crippen molar-refractivity contribution in [2.45, 2.75) is 12.5 Å². The lowest BCUT2D eigenvalue weighted by Gasteiger charge is -2.36. The maximum atomic E-state index is 13.3. The number of anilines is 3. The van der Waals surface area contributed by atoms with Crippen molar-refractivity contribution in [3.05, 3.63) is 89.2 Å². The molecule has 0 bridgehead atoms. The number of nitrogens with one attached hydrogen (secondary N) is 2. The third-order valence-corrected chi connectivity index (χ3v) is 5.07. The number of hydrogen-bond donors (Lipinski definition) is 2. The Labute approximate surface area is 182 Å². The van der Waals surface area contributed by atoms with E-state index in [1.54, 1.807) is 48.5 Å². The van der Waals surface area contributed by atoms with Gasteiger partial charge in [-0.05, 0) is 54.6 Å². The summed E-state index contributed by atoms with van der Waals surface area (Å²) >= 11 is 5.95. The highest BCUT2D eigenvalue weighted by Crippen LogP contribution is 2.34. The molecule has 0 aromatic heterocycles. The van der Waals surface area contributed by atoms with Gasteiger partial charge in [0.1, 0.15) is 11.9 Å². The van der Waals surface area contributed by atoms with E-state index in [0.29, 0.717) is 22.1 Å². The smallest absolute Gasteiger partial charge is 0.259 e. The van der Waals surface area contributed by atoms with Crippen LogP contribution in [0.3, 0.4) is 0 Å². The standard InChI is InChI=1S/C23H17ClFN3O3/c24-15-4-3-5-17(12-15)26-21(29)13-20-22(30)27-18-6-1-2-7-19(18)28(20)23(31)14-8-10-16(25)11-9-14/h1-12,20H,13H2,(H,26,29)(H,27,30)/t20-/m0/s1. The summed E-state index contributed by atoms with van der Waals surface area (Å²) in [4.78, 5) is 40.1. The van der Waals surface area contributed by atoms with E-state index in [1.807, 2.05) is 0 Å². The highest BCUT2D eigenvalue weighted by Gasteiger charge is 2.38. The van der Waals surface area contributed by atoms with Crippen LogP contribution in [-0.4, -0.2) is 23.8 Å². The molecular weight excluding hydrogens is 421 g/mol. The summed E-state index contributed by atoms with van der Waals surface area (Å²) in [6, 6.07) is 17.3. The van der Waals surface area contributed by atoms with Gasteiger partial charge >= 0.3 is 0 Å². The fourth-order valence-corrected chi connectivity index (χ4v) is 3.60. The molecule has 1 aliphatic rings. The monoisotopic (exact) mass is 437 g/mol. The van der Waals surface area contributed by atoms with Gasteiger partial charge < -0.3 is 10.6 Å². The number of nitrogens with zero attached hydrogens (tertiary/aromatic N) is 1. The minimum atomic E-state index is -1.09. The number of amides is 3. The molecule has 3 aromatic carbocycles. The summed E-state index contributed by atoms with van der Waals surface area (Å²) in [5, 5.41) is 5.88. The van der Waals surface area contributed by atoms with E-state index in [4.69, 9.17) is 11.6 Å². The number of carbonyl (C=O) groups excluding carboxylic acids is 3. The summed E-state index contributed by atoms with van der Waals surface area (Å²) in [7, 11) is 0. The molecule has 0 saturated heterocycles. The first-order valence-corrected chi connectivity index (χ1v) is 9.84. The van der Waals surface area contributed by atoms with Crippen LogP contribution in [0.25, 0.3) is 0 Å². The van der Waals surface area contributed by atoms with Gasteiger partial charge in [-0.2, -0.15) is 0 Å². The second-order valence-electron chi connectivity index (χ2n) is 6.97. The molecule has 6 nitrogen and oxygen atoms in total. The molecule has 1 atom stereocenters. The Morgan fingerprint density at radius 3 is 2.52 bits per heavy atom. The first kappa shape index (κ1) is 20.6. The number of benzene rings is 3. The van der Waals surface area contributed by atoms with Crippen LogP contribution in [0.4, 0.5) is 21.5 Å². The van der Waals surface area contributed by atoms with E-state index >= 15 is 0 Å². The minimum absolute atomic E-state index is 0.200. The molecule has 0 unspecified atom stereocenters. The third-order valence-electron chi connectivity index (χ3n) is 4.83. The van der Waals surface area contributed by atoms with Crippen LogP contribution in [0.15, 0.2) is 72.8 Å². The summed E-state index contributed by atoms with van der Waals surface area (Å²) in [6.45, 7) is 0. The molecule has 31 heavy (non-hydrogen) atoms. The molecule has 0 spiro atoms. The Hall–Kier alpha value is -3.71. The number of carbonyl (C=O) groups is 3. The van der Waals surface area contributed by atoms with Crippen molar-refractivity contribution in [2.24, 2.45) is 0 Å². The molecule has 8 heteroatoms. The minimum Gasteiger partial charge on any atom is -0.326 e. The lowest BCUT2D eigenvalue weighted by Crippen LogP contribution is -2.52. The lowest BCUT2D eigenvalue weighted by molar-refractivity contribution is -0.122. The van der Waals surface area contributed by atoms with Gasteiger partial charge in [-0.1, -0.05) is 29.8 Å². The van der Waals surface area contributed by atoms with Gasteiger partial charge in [-0.15, -0.1) is 0 Å². The van der Waals surface area contributed by atoms with E-state index in [0.717, 1.165) is 0 Å². The highest BCUT2D eigenvalue weighted by atomic mass is 35.5. The second-order valence-corrected chi connectivity index (χ2v) is 7.40. The summed E-state index contributed by atoms with van der Waals surface area (Å²) in [5.41, 5.74) is 1.59. The van der Waals surface area contributed by atoms with Crippen molar-refractivity contribution < 1.29 is 18.8 Å². The van der Waals surface area contributed by atoms with Crippen molar-refractivity contribution in [1.29, 1.82) is 0 Å². The largest absolute Gasteiger partial charge is 0.326 e. The van der Waals surface area contributed by atoms with Crippen molar-refractivity contribution in [1.82, 2.24) is 0 Å². The van der Waals surface area contributed by atoms with Crippen LogP contribution in [-0.2, 0) is 9.59 Å². The number of halogens is 2. The topological polar surface area (TPSA) is 78.5 Å². The summed E-state index contributed by atoms with van der Waals surface area (Å²) in [6.07, 6.45) is -0.278. The fourth-order valence-electron chi connectivity index (χ4n) is 3.41. The fraction of sp³-hybridized carbons (Fsp3) is 0.0870. The van der Waals surface area contributed by atoms with Crippen LogP contribution >= 0.6 is 11.6 Å². The van der Waals surface area contributed by atoms with Crippen LogP contribution in [0.1, 0.15) is 16.8 Å². The first-order valence-electron chi connectivity index (χ1n) is 9.47. The molecule has 0 aliphatic carbocycles. The normalized spacial score (nSPS) is 15.1. The van der Waals surface area contributed by atoms with Gasteiger partial charge in [0.05, 0.1) is 17.8 Å². The molecule has 4 rings (SSSR count). The molecule has 156 valence electrons. The van der Waals surface area contributed by atoms with Gasteiger partial charge in [0.25, 0.3) is 5.91 Å². The molecule has 0 fully saturated rings. The van der Waals surface area contributed by atoms with E-state index in [1.165, 1.54) is 29.2 Å². The van der Waals surface area contributed by atoms with Gasteiger partial charge in [-0.3, -0.25) is 19.3 Å². The predicted octanol–water partition coefficient (Wildman–Crippen LogP) is 4.48. The lowest BCUT2D eigenvalue weighted by atomic mass is 10.0. The second kappa shape index (κ2) is 8.57. The predicted molar refractivity (Wildman–Crippen MR) is 117 cm³/mol. The quantitative estimate of drug-likeness (QED) is 0.631. The molecule has 0 radical (unpaired) electrons. The van der Waals surface area contributed by atoms with Crippen LogP contribution in [0.5, 0.6) is 0 Å². The van der Waals surface area contributed by atoms with Crippen molar-refractivity contribution in [2.75, 3.05) is 15.5 Å².